The van der Waals surface area contributed by atoms with Crippen molar-refractivity contribution in [3.05, 3.63) is 65.7 Å². The van der Waals surface area contributed by atoms with Gasteiger partial charge in [-0.2, -0.15) is 0 Å². The normalized spacial score (nSPS) is 10.8. The van der Waals surface area contributed by atoms with Crippen molar-refractivity contribution in [3.63, 3.8) is 0 Å². The van der Waals surface area contributed by atoms with E-state index in [9.17, 15) is 4.79 Å². The first kappa shape index (κ1) is 19.9. The van der Waals surface area contributed by atoms with Crippen LogP contribution < -0.4 is 10.2 Å². The van der Waals surface area contributed by atoms with E-state index in [4.69, 9.17) is 4.98 Å². The second-order valence-electron chi connectivity index (χ2n) is 6.98. The Labute approximate surface area is 167 Å². The van der Waals surface area contributed by atoms with E-state index in [-0.39, 0.29) is 5.91 Å². The Morgan fingerprint density at radius 3 is 2.46 bits per heavy atom. The first-order chi connectivity index (χ1) is 13.7. The van der Waals surface area contributed by atoms with Crippen LogP contribution in [0.4, 0.5) is 11.5 Å². The SMILES string of the molecule is CCCCN(CC)c1cc(C(=O)Nc2ccc(CC)cc2)c2ccccc2n1. The van der Waals surface area contributed by atoms with Gasteiger partial charge in [0, 0.05) is 24.2 Å². The van der Waals surface area contributed by atoms with Gasteiger partial charge in [0.2, 0.25) is 0 Å². The van der Waals surface area contributed by atoms with Crippen molar-refractivity contribution in [2.75, 3.05) is 23.3 Å². The molecule has 0 unspecified atom stereocenters. The number of anilines is 2. The maximum absolute atomic E-state index is 13.1. The molecule has 0 aliphatic rings. The number of para-hydroxylation sites is 1. The minimum atomic E-state index is -0.101. The number of benzene rings is 2. The number of carbonyl (C=O) groups is 1. The lowest BCUT2D eigenvalue weighted by atomic mass is 10.1. The Balaban J connectivity index is 1.96. The number of nitrogens with zero attached hydrogens (tertiary/aromatic N) is 2. The second kappa shape index (κ2) is 9.36. The summed E-state index contributed by atoms with van der Waals surface area (Å²) < 4.78 is 0. The number of hydrogen-bond acceptors (Lipinski definition) is 3. The number of unbranched alkanes of at least 4 members (excludes halogenated alkanes) is 1. The Morgan fingerprint density at radius 2 is 1.79 bits per heavy atom. The predicted molar refractivity (Wildman–Crippen MR) is 118 cm³/mol. The average Bonchev–Trinajstić information content (AvgIpc) is 2.74. The molecule has 0 bridgehead atoms. The number of carbonyl (C=O) groups excluding carboxylic acids is 1. The van der Waals surface area contributed by atoms with Crippen molar-refractivity contribution >= 4 is 28.3 Å². The summed E-state index contributed by atoms with van der Waals surface area (Å²) in [4.78, 5) is 20.2. The van der Waals surface area contributed by atoms with Crippen molar-refractivity contribution in [1.82, 2.24) is 4.98 Å². The summed E-state index contributed by atoms with van der Waals surface area (Å²) in [6.07, 6.45) is 3.22. The van der Waals surface area contributed by atoms with Gasteiger partial charge in [-0.25, -0.2) is 4.98 Å². The average molecular weight is 376 g/mol. The molecule has 0 saturated heterocycles. The summed E-state index contributed by atoms with van der Waals surface area (Å²) in [6, 6.07) is 17.8. The predicted octanol–water partition coefficient (Wildman–Crippen LogP) is 5.68. The van der Waals surface area contributed by atoms with E-state index >= 15 is 0 Å². The molecule has 1 amide bonds. The number of pyridine rings is 1. The Hall–Kier alpha value is -2.88. The molecule has 1 heterocycles. The molecular formula is C24H29N3O. The van der Waals surface area contributed by atoms with Crippen LogP contribution in [0, 0.1) is 0 Å². The molecule has 0 saturated carbocycles. The molecule has 4 heteroatoms. The molecule has 0 aliphatic carbocycles. The molecule has 0 atom stereocenters. The molecule has 3 aromatic rings. The highest BCUT2D eigenvalue weighted by molar-refractivity contribution is 6.13. The number of aryl methyl sites for hydroxylation is 1. The minimum Gasteiger partial charge on any atom is -0.357 e. The molecule has 2 aromatic carbocycles. The van der Waals surface area contributed by atoms with E-state index in [1.807, 2.05) is 42.5 Å². The van der Waals surface area contributed by atoms with Gasteiger partial charge in [-0.1, -0.05) is 50.6 Å². The molecule has 4 nitrogen and oxygen atoms in total. The molecule has 0 radical (unpaired) electrons. The van der Waals surface area contributed by atoms with Gasteiger partial charge in [0.25, 0.3) is 5.91 Å². The molecule has 3 rings (SSSR count). The van der Waals surface area contributed by atoms with E-state index in [0.29, 0.717) is 5.56 Å². The first-order valence-electron chi connectivity index (χ1n) is 10.2. The van der Waals surface area contributed by atoms with Crippen LogP contribution in [0.2, 0.25) is 0 Å². The lowest BCUT2D eigenvalue weighted by Crippen LogP contribution is -2.25. The minimum absolute atomic E-state index is 0.101. The Kier molecular flexibility index (Phi) is 6.64. The van der Waals surface area contributed by atoms with Crippen molar-refractivity contribution in [1.29, 1.82) is 0 Å². The lowest BCUT2D eigenvalue weighted by Gasteiger charge is -2.23. The number of nitrogens with one attached hydrogen (secondary N) is 1. The van der Waals surface area contributed by atoms with Gasteiger partial charge in [0.1, 0.15) is 5.82 Å². The van der Waals surface area contributed by atoms with Crippen molar-refractivity contribution in [2.24, 2.45) is 0 Å². The first-order valence-corrected chi connectivity index (χ1v) is 10.2. The third kappa shape index (κ3) is 4.50. The molecule has 146 valence electrons. The van der Waals surface area contributed by atoms with Crippen LogP contribution in [-0.4, -0.2) is 24.0 Å². The van der Waals surface area contributed by atoms with Gasteiger partial charge in [0.15, 0.2) is 0 Å². The highest BCUT2D eigenvalue weighted by Gasteiger charge is 2.16. The van der Waals surface area contributed by atoms with Gasteiger partial charge >= 0.3 is 0 Å². The maximum atomic E-state index is 13.1. The molecule has 0 aliphatic heterocycles. The second-order valence-corrected chi connectivity index (χ2v) is 6.98. The lowest BCUT2D eigenvalue weighted by molar-refractivity contribution is 0.102. The standard InChI is InChI=1S/C24H29N3O/c1-4-7-16-27(6-3)23-17-21(20-10-8-9-11-22(20)26-23)24(28)25-19-14-12-18(5-2)13-15-19/h8-15,17H,4-7,16H2,1-3H3,(H,25,28). The molecule has 1 N–H and O–H groups in total. The summed E-state index contributed by atoms with van der Waals surface area (Å²) >= 11 is 0. The van der Waals surface area contributed by atoms with E-state index in [1.54, 1.807) is 0 Å². The third-order valence-electron chi connectivity index (χ3n) is 5.05. The number of rotatable bonds is 8. The zero-order chi connectivity index (χ0) is 19.9. The highest BCUT2D eigenvalue weighted by atomic mass is 16.1. The smallest absolute Gasteiger partial charge is 0.256 e. The fourth-order valence-corrected chi connectivity index (χ4v) is 3.32. The fraction of sp³-hybridized carbons (Fsp3) is 0.333. The van der Waals surface area contributed by atoms with E-state index in [1.165, 1.54) is 5.56 Å². The van der Waals surface area contributed by atoms with Gasteiger partial charge in [-0.05, 0) is 49.6 Å². The van der Waals surface area contributed by atoms with E-state index in [2.05, 4.69) is 43.1 Å². The van der Waals surface area contributed by atoms with Gasteiger partial charge in [-0.15, -0.1) is 0 Å². The Bertz CT molecular complexity index is 934. The number of hydrogen-bond donors (Lipinski definition) is 1. The van der Waals surface area contributed by atoms with Gasteiger partial charge in [-0.3, -0.25) is 4.79 Å². The summed E-state index contributed by atoms with van der Waals surface area (Å²) in [7, 11) is 0. The van der Waals surface area contributed by atoms with Crippen molar-refractivity contribution in [3.8, 4) is 0 Å². The van der Waals surface area contributed by atoms with Gasteiger partial charge < -0.3 is 10.2 Å². The summed E-state index contributed by atoms with van der Waals surface area (Å²) in [6.45, 7) is 8.24. The number of aromatic nitrogens is 1. The maximum Gasteiger partial charge on any atom is 0.256 e. The van der Waals surface area contributed by atoms with Crippen LogP contribution in [0.25, 0.3) is 10.9 Å². The monoisotopic (exact) mass is 375 g/mol. The summed E-state index contributed by atoms with van der Waals surface area (Å²) in [5.41, 5.74) is 3.57. The summed E-state index contributed by atoms with van der Waals surface area (Å²) in [5.74, 6) is 0.761. The molecule has 28 heavy (non-hydrogen) atoms. The van der Waals surface area contributed by atoms with E-state index < -0.39 is 0 Å². The molecule has 0 fully saturated rings. The molecule has 1 aromatic heterocycles. The van der Waals surface area contributed by atoms with Crippen LogP contribution in [-0.2, 0) is 6.42 Å². The number of fused-ring (bicyclic) bond motifs is 1. The van der Waals surface area contributed by atoms with Crippen LogP contribution >= 0.6 is 0 Å². The quantitative estimate of drug-likeness (QED) is 0.551. The zero-order valence-electron chi connectivity index (χ0n) is 17.0. The van der Waals surface area contributed by atoms with Crippen molar-refractivity contribution in [2.45, 2.75) is 40.0 Å². The Morgan fingerprint density at radius 1 is 1.04 bits per heavy atom. The third-order valence-corrected chi connectivity index (χ3v) is 5.05. The molecular weight excluding hydrogens is 346 g/mol. The summed E-state index contributed by atoms with van der Waals surface area (Å²) in [5, 5.41) is 3.92. The van der Waals surface area contributed by atoms with Crippen LogP contribution in [0.15, 0.2) is 54.6 Å². The van der Waals surface area contributed by atoms with Crippen LogP contribution in [0.3, 0.4) is 0 Å². The van der Waals surface area contributed by atoms with Crippen molar-refractivity contribution < 1.29 is 4.79 Å². The van der Waals surface area contributed by atoms with Gasteiger partial charge in [0.05, 0.1) is 11.1 Å². The zero-order valence-corrected chi connectivity index (χ0v) is 17.0. The highest BCUT2D eigenvalue weighted by Crippen LogP contribution is 2.24. The largest absolute Gasteiger partial charge is 0.357 e. The topological polar surface area (TPSA) is 45.2 Å². The van der Waals surface area contributed by atoms with E-state index in [0.717, 1.165) is 54.8 Å². The van der Waals surface area contributed by atoms with Crippen LogP contribution in [0.1, 0.15) is 49.5 Å². The number of amides is 1. The van der Waals surface area contributed by atoms with Crippen LogP contribution in [0.5, 0.6) is 0 Å². The molecule has 0 spiro atoms. The fourth-order valence-electron chi connectivity index (χ4n) is 3.32.